The highest BCUT2D eigenvalue weighted by Crippen LogP contribution is 2.18. The molecule has 0 bridgehead atoms. The third-order valence-electron chi connectivity index (χ3n) is 1.53. The van der Waals surface area contributed by atoms with Crippen LogP contribution in [0.25, 0.3) is 0 Å². The molecule has 0 heterocycles. The maximum Gasteiger partial charge on any atom is 0.318 e. The molecule has 0 fully saturated rings. The van der Waals surface area contributed by atoms with Gasteiger partial charge in [-0.15, -0.1) is 0 Å². The summed E-state index contributed by atoms with van der Waals surface area (Å²) in [5.74, 6) is -2.17. The molecule has 2 atom stereocenters. The van der Waals surface area contributed by atoms with Gasteiger partial charge in [0.1, 0.15) is 4.83 Å². The fourth-order valence-corrected chi connectivity index (χ4v) is 1.41. The molecule has 4 nitrogen and oxygen atoms in total. The van der Waals surface area contributed by atoms with Crippen LogP contribution >= 0.6 is 15.9 Å². The summed E-state index contributed by atoms with van der Waals surface area (Å²) >= 11 is 2.91. The molecule has 0 aliphatic carbocycles. The molecule has 0 aromatic carbocycles. The van der Waals surface area contributed by atoms with Crippen LogP contribution in [0.3, 0.4) is 0 Å². The van der Waals surface area contributed by atoms with E-state index in [9.17, 15) is 9.59 Å². The molecule has 1 N–H and O–H groups in total. The van der Waals surface area contributed by atoms with Crippen LogP contribution in [0.2, 0.25) is 0 Å². The number of rotatable bonds is 4. The molecule has 0 saturated heterocycles. The normalized spacial score (nSPS) is 14.9. The van der Waals surface area contributed by atoms with E-state index >= 15 is 0 Å². The van der Waals surface area contributed by atoms with Crippen molar-refractivity contribution in [3.63, 3.8) is 0 Å². The molecule has 0 aliphatic heterocycles. The van der Waals surface area contributed by atoms with E-state index in [1.807, 2.05) is 0 Å². The maximum absolute atomic E-state index is 11.0. The Balaban J connectivity index is 4.33. The Morgan fingerprint density at radius 1 is 1.58 bits per heavy atom. The number of aliphatic carboxylic acids is 1. The number of hydrogen-bond acceptors (Lipinski definition) is 3. The first-order chi connectivity index (χ1) is 5.54. The van der Waals surface area contributed by atoms with Gasteiger partial charge in [0, 0.05) is 0 Å². The largest absolute Gasteiger partial charge is 0.480 e. The minimum Gasteiger partial charge on any atom is -0.480 e. The number of halogens is 1. The quantitative estimate of drug-likeness (QED) is 0.587. The lowest BCUT2D eigenvalue weighted by Crippen LogP contribution is -2.30. The van der Waals surface area contributed by atoms with Gasteiger partial charge in [-0.2, -0.15) is 0 Å². The minimum atomic E-state index is -1.05. The molecule has 12 heavy (non-hydrogen) atoms. The van der Waals surface area contributed by atoms with Crippen LogP contribution in [-0.4, -0.2) is 29.0 Å². The lowest BCUT2D eigenvalue weighted by atomic mass is 10.0. The lowest BCUT2D eigenvalue weighted by molar-refractivity contribution is -0.150. The topological polar surface area (TPSA) is 63.6 Å². The Morgan fingerprint density at radius 3 is 2.33 bits per heavy atom. The molecule has 0 rings (SSSR count). The van der Waals surface area contributed by atoms with E-state index in [-0.39, 0.29) is 0 Å². The lowest BCUT2D eigenvalue weighted by Gasteiger charge is -2.14. The number of esters is 1. The van der Waals surface area contributed by atoms with Gasteiger partial charge >= 0.3 is 11.9 Å². The molecule has 0 unspecified atom stereocenters. The van der Waals surface area contributed by atoms with Crippen LogP contribution in [0.4, 0.5) is 0 Å². The van der Waals surface area contributed by atoms with Gasteiger partial charge in [0.15, 0.2) is 0 Å². The van der Waals surface area contributed by atoms with Gasteiger partial charge in [-0.25, -0.2) is 0 Å². The predicted octanol–water partition coefficient (Wildman–Crippen LogP) is 1.03. The Hall–Kier alpha value is -0.580. The maximum atomic E-state index is 11.0. The van der Waals surface area contributed by atoms with E-state index in [1.165, 1.54) is 7.11 Å². The fraction of sp³-hybridized carbons (Fsp3) is 0.714. The first kappa shape index (κ1) is 11.4. The second-order valence-electron chi connectivity index (χ2n) is 2.28. The molecular weight excluding hydrogens is 228 g/mol. The summed E-state index contributed by atoms with van der Waals surface area (Å²) in [4.78, 5) is 20.6. The van der Waals surface area contributed by atoms with E-state index in [0.717, 1.165) is 0 Å². The van der Waals surface area contributed by atoms with E-state index < -0.39 is 22.7 Å². The van der Waals surface area contributed by atoms with Gasteiger partial charge in [0.05, 0.1) is 13.0 Å². The summed E-state index contributed by atoms with van der Waals surface area (Å²) in [6.07, 6.45) is 0.439. The summed E-state index contributed by atoms with van der Waals surface area (Å²) in [7, 11) is 1.24. The second-order valence-corrected chi connectivity index (χ2v) is 3.26. The summed E-state index contributed by atoms with van der Waals surface area (Å²) in [5.41, 5.74) is 0. The number of carbonyl (C=O) groups excluding carboxylic acids is 1. The highest BCUT2D eigenvalue weighted by molar-refractivity contribution is 9.10. The number of alkyl halides is 1. The molecule has 0 amide bonds. The molecule has 70 valence electrons. The number of ether oxygens (including phenoxy) is 1. The molecule has 0 aromatic heterocycles. The number of carbonyl (C=O) groups is 2. The van der Waals surface area contributed by atoms with Crippen molar-refractivity contribution in [2.24, 2.45) is 5.92 Å². The zero-order valence-electron chi connectivity index (χ0n) is 6.91. The van der Waals surface area contributed by atoms with Gasteiger partial charge < -0.3 is 9.84 Å². The molecule has 0 radical (unpaired) electrons. The Bertz CT molecular complexity index is 180. The van der Waals surface area contributed by atoms with E-state index in [2.05, 4.69) is 20.7 Å². The highest BCUT2D eigenvalue weighted by atomic mass is 79.9. The molecule has 0 saturated carbocycles. The Labute approximate surface area is 79.0 Å². The summed E-state index contributed by atoms with van der Waals surface area (Å²) in [6, 6.07) is 0. The number of carboxylic acid groups (broad SMARTS) is 1. The van der Waals surface area contributed by atoms with Crippen molar-refractivity contribution in [3.05, 3.63) is 0 Å². The summed E-state index contributed by atoms with van der Waals surface area (Å²) in [6.45, 7) is 1.73. The van der Waals surface area contributed by atoms with E-state index in [1.54, 1.807) is 6.92 Å². The van der Waals surface area contributed by atoms with Crippen LogP contribution in [0.5, 0.6) is 0 Å². The predicted molar refractivity (Wildman–Crippen MR) is 46.1 cm³/mol. The van der Waals surface area contributed by atoms with Crippen LogP contribution < -0.4 is 0 Å². The Kier molecular flexibility index (Phi) is 4.89. The van der Waals surface area contributed by atoms with Gasteiger partial charge in [-0.3, -0.25) is 9.59 Å². The van der Waals surface area contributed by atoms with Crippen molar-refractivity contribution in [3.8, 4) is 0 Å². The van der Waals surface area contributed by atoms with Gasteiger partial charge in [0.2, 0.25) is 0 Å². The minimum absolute atomic E-state index is 0.439. The van der Waals surface area contributed by atoms with Crippen molar-refractivity contribution in [1.82, 2.24) is 0 Å². The second kappa shape index (κ2) is 5.13. The average Bonchev–Trinajstić information content (AvgIpc) is 2.05. The fourth-order valence-electron chi connectivity index (χ4n) is 0.817. The molecular formula is C7H11BrO4. The average molecular weight is 239 g/mol. The van der Waals surface area contributed by atoms with Crippen LogP contribution in [0.1, 0.15) is 13.3 Å². The first-order valence-corrected chi connectivity index (χ1v) is 4.40. The summed E-state index contributed by atoms with van der Waals surface area (Å²) < 4.78 is 4.44. The molecule has 5 heteroatoms. The van der Waals surface area contributed by atoms with Crippen molar-refractivity contribution >= 4 is 27.9 Å². The molecule has 0 aliphatic rings. The molecule has 0 aromatic rings. The van der Waals surface area contributed by atoms with Crippen molar-refractivity contribution in [2.45, 2.75) is 18.2 Å². The van der Waals surface area contributed by atoms with Gasteiger partial charge in [-0.05, 0) is 6.42 Å². The third kappa shape index (κ3) is 2.81. The standard InChI is InChI=1S/C7H11BrO4/c1-3-4(7(11)12-2)5(8)6(9)10/h4-5H,3H2,1-2H3,(H,9,10)/t4-,5+/m1/s1. The third-order valence-corrected chi connectivity index (χ3v) is 2.56. The van der Waals surface area contributed by atoms with Crippen molar-refractivity contribution < 1.29 is 19.4 Å². The number of carboxylic acids is 1. The zero-order valence-corrected chi connectivity index (χ0v) is 8.50. The zero-order chi connectivity index (χ0) is 9.72. The molecule has 0 spiro atoms. The SMILES string of the molecule is CC[C@@H](C(=O)OC)[C@H](Br)C(=O)O. The monoisotopic (exact) mass is 238 g/mol. The Morgan fingerprint density at radius 2 is 2.08 bits per heavy atom. The van der Waals surface area contributed by atoms with Gasteiger partial charge in [-0.1, -0.05) is 22.9 Å². The highest BCUT2D eigenvalue weighted by Gasteiger charge is 2.30. The van der Waals surface area contributed by atoms with Gasteiger partial charge in [0.25, 0.3) is 0 Å². The van der Waals surface area contributed by atoms with Crippen molar-refractivity contribution in [2.75, 3.05) is 7.11 Å². The van der Waals surface area contributed by atoms with Crippen LogP contribution in [0.15, 0.2) is 0 Å². The van der Waals surface area contributed by atoms with E-state index in [0.29, 0.717) is 6.42 Å². The smallest absolute Gasteiger partial charge is 0.318 e. The summed E-state index contributed by atoms with van der Waals surface area (Å²) in [5, 5.41) is 8.57. The first-order valence-electron chi connectivity index (χ1n) is 3.49. The van der Waals surface area contributed by atoms with E-state index in [4.69, 9.17) is 5.11 Å². The van der Waals surface area contributed by atoms with Crippen LogP contribution in [0, 0.1) is 5.92 Å². The number of methoxy groups -OCH3 is 1. The number of hydrogen-bond donors (Lipinski definition) is 1. The van der Waals surface area contributed by atoms with Crippen molar-refractivity contribution in [1.29, 1.82) is 0 Å². The van der Waals surface area contributed by atoms with Crippen LogP contribution in [-0.2, 0) is 14.3 Å².